The summed E-state index contributed by atoms with van der Waals surface area (Å²) in [4.78, 5) is 30.4. The molecule has 0 amide bonds. The van der Waals surface area contributed by atoms with Gasteiger partial charge in [-0.2, -0.15) is 0 Å². The summed E-state index contributed by atoms with van der Waals surface area (Å²) in [7, 11) is 0. The lowest BCUT2D eigenvalue weighted by Gasteiger charge is -2.14. The first-order chi connectivity index (χ1) is 13.6. The summed E-state index contributed by atoms with van der Waals surface area (Å²) in [6.07, 6.45) is 2.20. The van der Waals surface area contributed by atoms with E-state index in [9.17, 15) is 9.59 Å². The van der Waals surface area contributed by atoms with Gasteiger partial charge in [-0.25, -0.2) is 9.78 Å². The minimum Gasteiger partial charge on any atom is -0.287 e. The molecule has 2 aromatic carbocycles. The fraction of sp³-hybridized carbons (Fsp3) is 0.174. The predicted molar refractivity (Wildman–Crippen MR) is 111 cm³/mol. The Bertz CT molecular complexity index is 1240. The van der Waals surface area contributed by atoms with E-state index < -0.39 is 0 Å². The second kappa shape index (κ2) is 7.64. The highest BCUT2D eigenvalue weighted by atomic mass is 16.2. The van der Waals surface area contributed by atoms with Gasteiger partial charge in [0.1, 0.15) is 0 Å². The first kappa shape index (κ1) is 17.9. The van der Waals surface area contributed by atoms with Gasteiger partial charge in [0.05, 0.1) is 12.1 Å². The molecule has 5 nitrogen and oxygen atoms in total. The molecule has 0 aliphatic rings. The molecule has 0 N–H and O–H groups in total. The first-order valence-electron chi connectivity index (χ1n) is 9.31. The summed E-state index contributed by atoms with van der Waals surface area (Å²) in [5, 5.41) is 0. The third kappa shape index (κ3) is 3.51. The van der Waals surface area contributed by atoms with Crippen LogP contribution in [0.2, 0.25) is 0 Å². The SMILES string of the molecule is Cc1cccc(Cn2c(=O)n(CCc3ccccc3)c(=O)c3ncccc32)c1. The minimum atomic E-state index is -0.336. The molecule has 0 unspecified atom stereocenters. The van der Waals surface area contributed by atoms with Crippen molar-refractivity contribution in [1.82, 2.24) is 14.1 Å². The molecule has 2 aromatic heterocycles. The number of nitrogens with zero attached hydrogens (tertiary/aromatic N) is 3. The number of hydrogen-bond acceptors (Lipinski definition) is 3. The molecule has 0 radical (unpaired) electrons. The third-order valence-electron chi connectivity index (χ3n) is 4.88. The fourth-order valence-electron chi connectivity index (χ4n) is 3.47. The summed E-state index contributed by atoms with van der Waals surface area (Å²) in [5.74, 6) is 0. The fourth-order valence-corrected chi connectivity index (χ4v) is 3.47. The Morgan fingerprint density at radius 2 is 1.64 bits per heavy atom. The van der Waals surface area contributed by atoms with E-state index in [4.69, 9.17) is 0 Å². The van der Waals surface area contributed by atoms with E-state index >= 15 is 0 Å². The standard InChI is InChI=1S/C23H21N3O2/c1-17-7-5-10-19(15-17)16-26-20-11-6-13-24-21(20)22(27)25(23(26)28)14-12-18-8-3-2-4-9-18/h2-11,13,15H,12,14,16H2,1H3. The van der Waals surface area contributed by atoms with Crippen LogP contribution in [0.15, 0.2) is 82.5 Å². The summed E-state index contributed by atoms with van der Waals surface area (Å²) in [6, 6.07) is 21.4. The summed E-state index contributed by atoms with van der Waals surface area (Å²) >= 11 is 0. The van der Waals surface area contributed by atoms with Crippen LogP contribution < -0.4 is 11.2 Å². The molecule has 0 aliphatic heterocycles. The molecule has 0 fully saturated rings. The van der Waals surface area contributed by atoms with E-state index in [1.807, 2.05) is 61.5 Å². The lowest BCUT2D eigenvalue weighted by atomic mass is 10.1. The average Bonchev–Trinajstić information content (AvgIpc) is 2.72. The maximum Gasteiger partial charge on any atom is 0.331 e. The highest BCUT2D eigenvalue weighted by Crippen LogP contribution is 2.10. The molecule has 4 aromatic rings. The molecule has 2 heterocycles. The van der Waals surface area contributed by atoms with Gasteiger partial charge < -0.3 is 0 Å². The van der Waals surface area contributed by atoms with Crippen LogP contribution in [-0.2, 0) is 19.5 Å². The number of aryl methyl sites for hydroxylation is 2. The van der Waals surface area contributed by atoms with Gasteiger partial charge in [-0.3, -0.25) is 13.9 Å². The van der Waals surface area contributed by atoms with E-state index in [1.54, 1.807) is 22.9 Å². The van der Waals surface area contributed by atoms with Crippen molar-refractivity contribution in [2.24, 2.45) is 0 Å². The molecular weight excluding hydrogens is 350 g/mol. The maximum absolute atomic E-state index is 13.2. The van der Waals surface area contributed by atoms with Crippen molar-refractivity contribution in [1.29, 1.82) is 0 Å². The topological polar surface area (TPSA) is 56.9 Å². The van der Waals surface area contributed by atoms with Gasteiger partial charge >= 0.3 is 5.69 Å². The monoisotopic (exact) mass is 371 g/mol. The minimum absolute atomic E-state index is 0.303. The molecule has 0 spiro atoms. The van der Waals surface area contributed by atoms with Crippen molar-refractivity contribution in [2.45, 2.75) is 26.4 Å². The van der Waals surface area contributed by atoms with E-state index in [2.05, 4.69) is 4.98 Å². The van der Waals surface area contributed by atoms with Crippen molar-refractivity contribution in [3.05, 3.63) is 110 Å². The molecule has 28 heavy (non-hydrogen) atoms. The second-order valence-corrected chi connectivity index (χ2v) is 6.92. The number of fused-ring (bicyclic) bond motifs is 1. The Morgan fingerprint density at radius 3 is 2.43 bits per heavy atom. The lowest BCUT2D eigenvalue weighted by Crippen LogP contribution is -2.41. The van der Waals surface area contributed by atoms with Crippen LogP contribution in [0.1, 0.15) is 16.7 Å². The number of benzene rings is 2. The molecular formula is C23H21N3O2. The molecule has 5 heteroatoms. The molecule has 0 aliphatic carbocycles. The van der Waals surface area contributed by atoms with Gasteiger partial charge in [-0.05, 0) is 36.6 Å². The zero-order valence-corrected chi connectivity index (χ0v) is 15.7. The molecule has 0 atom stereocenters. The number of aromatic nitrogens is 3. The van der Waals surface area contributed by atoms with Crippen LogP contribution in [0.4, 0.5) is 0 Å². The van der Waals surface area contributed by atoms with Crippen LogP contribution in [-0.4, -0.2) is 14.1 Å². The van der Waals surface area contributed by atoms with Gasteiger partial charge in [0.15, 0.2) is 5.52 Å². The lowest BCUT2D eigenvalue weighted by molar-refractivity contribution is 0.588. The van der Waals surface area contributed by atoms with E-state index in [1.165, 1.54) is 4.57 Å². The first-order valence-corrected chi connectivity index (χ1v) is 9.31. The van der Waals surface area contributed by atoms with Gasteiger partial charge in [-0.1, -0.05) is 60.2 Å². The van der Waals surface area contributed by atoms with Crippen LogP contribution in [0, 0.1) is 6.92 Å². The van der Waals surface area contributed by atoms with E-state index in [-0.39, 0.29) is 11.2 Å². The predicted octanol–water partition coefficient (Wildman–Crippen LogP) is 3.16. The van der Waals surface area contributed by atoms with Crippen LogP contribution in [0.25, 0.3) is 11.0 Å². The van der Waals surface area contributed by atoms with Gasteiger partial charge in [0.2, 0.25) is 0 Å². The van der Waals surface area contributed by atoms with Gasteiger partial charge in [0, 0.05) is 12.7 Å². The number of rotatable bonds is 5. The van der Waals surface area contributed by atoms with Crippen molar-refractivity contribution in [2.75, 3.05) is 0 Å². The maximum atomic E-state index is 13.2. The van der Waals surface area contributed by atoms with Crippen LogP contribution >= 0.6 is 0 Å². The average molecular weight is 371 g/mol. The van der Waals surface area contributed by atoms with E-state index in [0.717, 1.165) is 16.7 Å². The van der Waals surface area contributed by atoms with Crippen LogP contribution in [0.3, 0.4) is 0 Å². The molecule has 0 bridgehead atoms. The Labute approximate surface area is 162 Å². The molecule has 0 saturated carbocycles. The van der Waals surface area contributed by atoms with Crippen molar-refractivity contribution < 1.29 is 0 Å². The summed E-state index contributed by atoms with van der Waals surface area (Å²) in [5.41, 5.74) is 3.48. The quantitative estimate of drug-likeness (QED) is 0.541. The summed E-state index contributed by atoms with van der Waals surface area (Å²) < 4.78 is 2.95. The molecule has 4 rings (SSSR count). The molecule has 0 saturated heterocycles. The highest BCUT2D eigenvalue weighted by molar-refractivity contribution is 5.73. The number of hydrogen-bond donors (Lipinski definition) is 0. The normalized spacial score (nSPS) is 11.0. The van der Waals surface area contributed by atoms with Crippen molar-refractivity contribution in [3.8, 4) is 0 Å². The highest BCUT2D eigenvalue weighted by Gasteiger charge is 2.14. The smallest absolute Gasteiger partial charge is 0.287 e. The summed E-state index contributed by atoms with van der Waals surface area (Å²) in [6.45, 7) is 2.74. The van der Waals surface area contributed by atoms with Crippen LogP contribution in [0.5, 0.6) is 0 Å². The van der Waals surface area contributed by atoms with Crippen molar-refractivity contribution >= 4 is 11.0 Å². The Balaban J connectivity index is 1.81. The van der Waals surface area contributed by atoms with Crippen molar-refractivity contribution in [3.63, 3.8) is 0 Å². The second-order valence-electron chi connectivity index (χ2n) is 6.92. The van der Waals surface area contributed by atoms with Gasteiger partial charge in [-0.15, -0.1) is 0 Å². The zero-order chi connectivity index (χ0) is 19.5. The Kier molecular flexibility index (Phi) is 4.89. The number of pyridine rings is 1. The largest absolute Gasteiger partial charge is 0.331 e. The van der Waals surface area contributed by atoms with E-state index in [0.29, 0.717) is 30.5 Å². The Morgan fingerprint density at radius 1 is 0.857 bits per heavy atom. The molecule has 140 valence electrons. The third-order valence-corrected chi connectivity index (χ3v) is 4.88. The Hall–Kier alpha value is -3.47. The zero-order valence-electron chi connectivity index (χ0n) is 15.7. The van der Waals surface area contributed by atoms with Gasteiger partial charge in [0.25, 0.3) is 5.56 Å².